The molecule has 17 heavy (non-hydrogen) atoms. The molecule has 0 aliphatic rings. The van der Waals surface area contributed by atoms with Gasteiger partial charge in [0.1, 0.15) is 0 Å². The van der Waals surface area contributed by atoms with E-state index in [1.165, 1.54) is 13.3 Å². The van der Waals surface area contributed by atoms with Gasteiger partial charge in [-0.05, 0) is 25.9 Å². The number of hydrogen-bond acceptors (Lipinski definition) is 3. The minimum absolute atomic E-state index is 0.0142. The van der Waals surface area contributed by atoms with Gasteiger partial charge >= 0.3 is 0 Å². The highest BCUT2D eigenvalue weighted by molar-refractivity contribution is 5.73. The second-order valence-electron chi connectivity index (χ2n) is 4.50. The normalized spacial score (nSPS) is 11.5. The maximum absolute atomic E-state index is 11.0. The molecule has 0 rings (SSSR count). The zero-order chi connectivity index (χ0) is 14.0. The van der Waals surface area contributed by atoms with E-state index in [-0.39, 0.29) is 11.9 Å². The number of amides is 1. The summed E-state index contributed by atoms with van der Waals surface area (Å²) in [5.41, 5.74) is 6.13. The summed E-state index contributed by atoms with van der Waals surface area (Å²) in [6.45, 7) is 12.5. The summed E-state index contributed by atoms with van der Waals surface area (Å²) in [4.78, 5) is 12.6. The topological polar surface area (TPSA) is 58.4 Å². The molecule has 102 valence electrons. The summed E-state index contributed by atoms with van der Waals surface area (Å²) < 4.78 is 0. The summed E-state index contributed by atoms with van der Waals surface area (Å²) >= 11 is 0. The first-order chi connectivity index (χ1) is 7.79. The van der Waals surface area contributed by atoms with Gasteiger partial charge in [0.25, 0.3) is 0 Å². The van der Waals surface area contributed by atoms with Gasteiger partial charge in [0.2, 0.25) is 5.91 Å². The molecule has 1 amide bonds. The third-order valence-corrected chi connectivity index (χ3v) is 2.43. The fraction of sp³-hybridized carbons (Fsp3) is 0.769. The SMILES string of the molecule is C=C(N)C(C(C)C)N(C)C(C)=O.CCCNC. The van der Waals surface area contributed by atoms with Crippen LogP contribution in [0.4, 0.5) is 0 Å². The summed E-state index contributed by atoms with van der Waals surface area (Å²) in [5.74, 6) is 0.316. The quantitative estimate of drug-likeness (QED) is 0.771. The molecule has 0 bridgehead atoms. The third-order valence-electron chi connectivity index (χ3n) is 2.43. The van der Waals surface area contributed by atoms with Crippen molar-refractivity contribution >= 4 is 5.91 Å². The van der Waals surface area contributed by atoms with Crippen LogP contribution in [0.15, 0.2) is 12.3 Å². The Labute approximate surface area is 106 Å². The van der Waals surface area contributed by atoms with E-state index in [1.54, 1.807) is 11.9 Å². The van der Waals surface area contributed by atoms with Crippen LogP contribution in [0.25, 0.3) is 0 Å². The lowest BCUT2D eigenvalue weighted by Gasteiger charge is -2.30. The Bertz CT molecular complexity index is 225. The molecule has 4 nitrogen and oxygen atoms in total. The van der Waals surface area contributed by atoms with E-state index in [0.29, 0.717) is 11.6 Å². The molecule has 0 aromatic rings. The summed E-state index contributed by atoms with van der Waals surface area (Å²) in [6.07, 6.45) is 1.23. The second kappa shape index (κ2) is 10.1. The predicted molar refractivity (Wildman–Crippen MR) is 74.6 cm³/mol. The molecule has 0 aromatic carbocycles. The zero-order valence-corrected chi connectivity index (χ0v) is 12.2. The summed E-state index contributed by atoms with van der Waals surface area (Å²) in [7, 11) is 3.70. The monoisotopic (exact) mass is 243 g/mol. The van der Waals surface area contributed by atoms with E-state index in [0.717, 1.165) is 6.54 Å². The highest BCUT2D eigenvalue weighted by Crippen LogP contribution is 2.13. The molecule has 0 fully saturated rings. The standard InChI is InChI=1S/C9H18N2O.C4H11N/c1-6(2)9(7(3)10)11(5)8(4)12;1-3-4-5-2/h6,9H,3,10H2,1-2,4-5H3;5H,3-4H2,1-2H3. The number of carbonyl (C=O) groups is 1. The first kappa shape index (κ1) is 18.3. The van der Waals surface area contributed by atoms with Gasteiger partial charge in [-0.25, -0.2) is 0 Å². The van der Waals surface area contributed by atoms with Crippen LogP contribution >= 0.6 is 0 Å². The number of carbonyl (C=O) groups excluding carboxylic acids is 1. The van der Waals surface area contributed by atoms with E-state index in [1.807, 2.05) is 20.9 Å². The molecule has 1 unspecified atom stereocenters. The molecule has 0 heterocycles. The van der Waals surface area contributed by atoms with E-state index >= 15 is 0 Å². The number of nitrogens with zero attached hydrogens (tertiary/aromatic N) is 1. The van der Waals surface area contributed by atoms with E-state index in [9.17, 15) is 4.79 Å². The number of nitrogens with one attached hydrogen (secondary N) is 1. The van der Waals surface area contributed by atoms with Crippen molar-refractivity contribution in [1.82, 2.24) is 10.2 Å². The van der Waals surface area contributed by atoms with E-state index in [4.69, 9.17) is 5.73 Å². The van der Waals surface area contributed by atoms with Crippen molar-refractivity contribution in [2.45, 2.75) is 40.2 Å². The minimum atomic E-state index is -0.0532. The third kappa shape index (κ3) is 8.74. The molecule has 0 spiro atoms. The van der Waals surface area contributed by atoms with Crippen LogP contribution in [0.2, 0.25) is 0 Å². The zero-order valence-electron chi connectivity index (χ0n) is 12.2. The van der Waals surface area contributed by atoms with Crippen molar-refractivity contribution in [2.75, 3.05) is 20.6 Å². The largest absolute Gasteiger partial charge is 0.401 e. The molecular weight excluding hydrogens is 214 g/mol. The smallest absolute Gasteiger partial charge is 0.219 e. The molecule has 0 aliphatic heterocycles. The summed E-state index contributed by atoms with van der Waals surface area (Å²) in [6, 6.07) is -0.0532. The Morgan fingerprint density at radius 2 is 1.94 bits per heavy atom. The van der Waals surface area contributed by atoms with Gasteiger partial charge in [-0.15, -0.1) is 0 Å². The minimum Gasteiger partial charge on any atom is -0.401 e. The Balaban J connectivity index is 0. The van der Waals surface area contributed by atoms with Crippen LogP contribution in [-0.4, -0.2) is 37.5 Å². The van der Waals surface area contributed by atoms with Crippen LogP contribution in [-0.2, 0) is 4.79 Å². The van der Waals surface area contributed by atoms with Crippen molar-refractivity contribution in [3.63, 3.8) is 0 Å². The molecule has 0 aromatic heterocycles. The van der Waals surface area contributed by atoms with Gasteiger partial charge < -0.3 is 16.0 Å². The molecule has 0 radical (unpaired) electrons. The van der Waals surface area contributed by atoms with Gasteiger partial charge in [0.05, 0.1) is 6.04 Å². The Kier molecular flexibility index (Phi) is 10.9. The molecule has 0 aliphatic carbocycles. The van der Waals surface area contributed by atoms with E-state index < -0.39 is 0 Å². The van der Waals surface area contributed by atoms with Gasteiger partial charge in [-0.2, -0.15) is 0 Å². The van der Waals surface area contributed by atoms with Gasteiger partial charge in [0.15, 0.2) is 0 Å². The number of rotatable bonds is 5. The predicted octanol–water partition coefficient (Wildman–Crippen LogP) is 1.58. The molecule has 0 saturated heterocycles. The lowest BCUT2D eigenvalue weighted by Crippen LogP contribution is -2.42. The van der Waals surface area contributed by atoms with Gasteiger partial charge in [-0.1, -0.05) is 27.4 Å². The Morgan fingerprint density at radius 1 is 1.47 bits per heavy atom. The van der Waals surface area contributed by atoms with Gasteiger partial charge in [-0.3, -0.25) is 4.79 Å². The van der Waals surface area contributed by atoms with Crippen molar-refractivity contribution in [3.05, 3.63) is 12.3 Å². The molecule has 3 N–H and O–H groups in total. The second-order valence-corrected chi connectivity index (χ2v) is 4.50. The van der Waals surface area contributed by atoms with Crippen LogP contribution in [0.5, 0.6) is 0 Å². The molecule has 0 saturated carbocycles. The average Bonchev–Trinajstić information content (AvgIpc) is 2.18. The Morgan fingerprint density at radius 3 is 2.00 bits per heavy atom. The maximum atomic E-state index is 11.0. The molecule has 1 atom stereocenters. The van der Waals surface area contributed by atoms with Crippen molar-refractivity contribution < 1.29 is 4.79 Å². The van der Waals surface area contributed by atoms with Crippen molar-refractivity contribution in [3.8, 4) is 0 Å². The van der Waals surface area contributed by atoms with Crippen LogP contribution < -0.4 is 11.1 Å². The fourth-order valence-corrected chi connectivity index (χ4v) is 1.57. The molecular formula is C13H29N3O. The highest BCUT2D eigenvalue weighted by Gasteiger charge is 2.21. The summed E-state index contributed by atoms with van der Waals surface area (Å²) in [5, 5.41) is 3.02. The first-order valence-electron chi connectivity index (χ1n) is 6.11. The lowest BCUT2D eigenvalue weighted by atomic mass is 10.0. The van der Waals surface area contributed by atoms with Gasteiger partial charge in [0, 0.05) is 19.7 Å². The molecule has 4 heteroatoms. The van der Waals surface area contributed by atoms with Crippen LogP contribution in [0.3, 0.4) is 0 Å². The number of hydrogen-bond donors (Lipinski definition) is 2. The van der Waals surface area contributed by atoms with Crippen LogP contribution in [0.1, 0.15) is 34.1 Å². The first-order valence-corrected chi connectivity index (χ1v) is 6.11. The van der Waals surface area contributed by atoms with Crippen molar-refractivity contribution in [1.29, 1.82) is 0 Å². The highest BCUT2D eigenvalue weighted by atomic mass is 16.2. The van der Waals surface area contributed by atoms with E-state index in [2.05, 4.69) is 18.8 Å². The average molecular weight is 243 g/mol. The number of likely N-dealkylation sites (N-methyl/N-ethyl adjacent to an activating group) is 1. The lowest BCUT2D eigenvalue weighted by molar-refractivity contribution is -0.129. The van der Waals surface area contributed by atoms with Crippen LogP contribution in [0, 0.1) is 5.92 Å². The van der Waals surface area contributed by atoms with Crippen molar-refractivity contribution in [2.24, 2.45) is 11.7 Å². The maximum Gasteiger partial charge on any atom is 0.219 e. The number of nitrogens with two attached hydrogens (primary N) is 1. The fourth-order valence-electron chi connectivity index (χ4n) is 1.57. The Hall–Kier alpha value is -1.03.